The van der Waals surface area contributed by atoms with Crippen molar-refractivity contribution >= 4 is 5.69 Å². The molecule has 0 unspecified atom stereocenters. The smallest absolute Gasteiger partial charge is 0.0429 e. The fourth-order valence-corrected chi connectivity index (χ4v) is 2.12. The molecule has 2 rings (SSSR count). The van der Waals surface area contributed by atoms with Crippen LogP contribution in [0.3, 0.4) is 0 Å². The minimum atomic E-state index is 0.972. The van der Waals surface area contributed by atoms with Gasteiger partial charge in [-0.05, 0) is 44.0 Å². The Morgan fingerprint density at radius 1 is 0.889 bits per heavy atom. The number of hydrogen-bond donors (Lipinski definition) is 0. The van der Waals surface area contributed by atoms with Gasteiger partial charge in [0, 0.05) is 18.8 Å². The van der Waals surface area contributed by atoms with Crippen LogP contribution in [0.5, 0.6) is 0 Å². The van der Waals surface area contributed by atoms with Crippen molar-refractivity contribution in [2.45, 2.75) is 27.3 Å². The second kappa shape index (κ2) is 5.72. The van der Waals surface area contributed by atoms with E-state index in [0.29, 0.717) is 0 Å². The maximum Gasteiger partial charge on any atom is 0.0429 e. The van der Waals surface area contributed by atoms with Crippen LogP contribution in [-0.4, -0.2) is 6.54 Å². The van der Waals surface area contributed by atoms with E-state index in [4.69, 9.17) is 0 Å². The first-order chi connectivity index (χ1) is 8.69. The first-order valence-electron chi connectivity index (χ1n) is 6.56. The minimum absolute atomic E-state index is 0.972. The van der Waals surface area contributed by atoms with Crippen molar-refractivity contribution in [2.75, 3.05) is 11.4 Å². The lowest BCUT2D eigenvalue weighted by Gasteiger charge is -2.23. The van der Waals surface area contributed by atoms with Crippen molar-refractivity contribution in [1.82, 2.24) is 0 Å². The number of nitrogens with zero attached hydrogens (tertiary/aromatic N) is 1. The summed E-state index contributed by atoms with van der Waals surface area (Å²) in [6.45, 7) is 8.47. The molecule has 0 fully saturated rings. The molecule has 0 radical (unpaired) electrons. The average molecular weight is 239 g/mol. The molecule has 0 N–H and O–H groups in total. The van der Waals surface area contributed by atoms with Crippen LogP contribution in [0.15, 0.2) is 48.5 Å². The summed E-state index contributed by atoms with van der Waals surface area (Å²) in [5.41, 5.74) is 5.30. The summed E-state index contributed by atoms with van der Waals surface area (Å²) < 4.78 is 0. The quantitative estimate of drug-likeness (QED) is 0.767. The second-order valence-corrected chi connectivity index (χ2v) is 4.84. The molecule has 0 aliphatic heterocycles. The molecule has 1 heteroatoms. The molecule has 0 saturated carbocycles. The molecule has 0 atom stereocenters. The van der Waals surface area contributed by atoms with Crippen LogP contribution in [0.1, 0.15) is 23.6 Å². The Morgan fingerprint density at radius 3 is 2.22 bits per heavy atom. The van der Waals surface area contributed by atoms with Crippen LogP contribution < -0.4 is 4.90 Å². The van der Waals surface area contributed by atoms with Crippen molar-refractivity contribution < 1.29 is 0 Å². The van der Waals surface area contributed by atoms with Crippen molar-refractivity contribution in [1.29, 1.82) is 0 Å². The first kappa shape index (κ1) is 12.7. The Bertz CT molecular complexity index is 499. The van der Waals surface area contributed by atoms with Crippen molar-refractivity contribution in [3.63, 3.8) is 0 Å². The summed E-state index contributed by atoms with van der Waals surface area (Å²) in [7, 11) is 0. The van der Waals surface area contributed by atoms with E-state index < -0.39 is 0 Å². The number of hydrogen-bond acceptors (Lipinski definition) is 1. The lowest BCUT2D eigenvalue weighted by Crippen LogP contribution is -2.21. The van der Waals surface area contributed by atoms with Crippen LogP contribution in [0, 0.1) is 13.8 Å². The Labute approximate surface area is 110 Å². The molecule has 0 spiro atoms. The standard InChI is InChI=1S/C17H21N/c1-4-18(17-7-5-6-15(3)12-17)13-16-10-8-14(2)9-11-16/h5-12H,4,13H2,1-3H3. The third kappa shape index (κ3) is 3.13. The van der Waals surface area contributed by atoms with Gasteiger partial charge in [0.2, 0.25) is 0 Å². The zero-order valence-corrected chi connectivity index (χ0v) is 11.5. The molecular formula is C17H21N. The summed E-state index contributed by atoms with van der Waals surface area (Å²) in [5, 5.41) is 0. The Balaban J connectivity index is 2.17. The van der Waals surface area contributed by atoms with Crippen LogP contribution >= 0.6 is 0 Å². The van der Waals surface area contributed by atoms with E-state index in [0.717, 1.165) is 13.1 Å². The van der Waals surface area contributed by atoms with Gasteiger partial charge >= 0.3 is 0 Å². The van der Waals surface area contributed by atoms with E-state index in [9.17, 15) is 0 Å². The monoisotopic (exact) mass is 239 g/mol. The third-order valence-electron chi connectivity index (χ3n) is 3.24. The highest BCUT2D eigenvalue weighted by Gasteiger charge is 2.05. The Hall–Kier alpha value is -1.76. The summed E-state index contributed by atoms with van der Waals surface area (Å²) in [5.74, 6) is 0. The highest BCUT2D eigenvalue weighted by Crippen LogP contribution is 2.18. The molecule has 0 bridgehead atoms. The molecular weight excluding hydrogens is 218 g/mol. The summed E-state index contributed by atoms with van der Waals surface area (Å²) in [6, 6.07) is 17.5. The SMILES string of the molecule is CCN(Cc1ccc(C)cc1)c1cccc(C)c1. The molecule has 0 aliphatic rings. The van der Waals surface area contributed by atoms with Gasteiger partial charge in [0.15, 0.2) is 0 Å². The Kier molecular flexibility index (Phi) is 4.03. The molecule has 94 valence electrons. The molecule has 0 aromatic heterocycles. The van der Waals surface area contributed by atoms with Gasteiger partial charge in [-0.15, -0.1) is 0 Å². The molecule has 2 aromatic carbocycles. The average Bonchev–Trinajstić information content (AvgIpc) is 2.38. The maximum atomic E-state index is 2.40. The molecule has 2 aromatic rings. The molecule has 1 nitrogen and oxygen atoms in total. The molecule has 0 aliphatic carbocycles. The fraction of sp³-hybridized carbons (Fsp3) is 0.294. The van der Waals surface area contributed by atoms with E-state index in [1.807, 2.05) is 0 Å². The number of rotatable bonds is 4. The molecule has 0 heterocycles. The highest BCUT2D eigenvalue weighted by molar-refractivity contribution is 5.48. The second-order valence-electron chi connectivity index (χ2n) is 4.84. The summed E-state index contributed by atoms with van der Waals surface area (Å²) in [6.07, 6.45) is 0. The van der Waals surface area contributed by atoms with Crippen LogP contribution in [-0.2, 0) is 6.54 Å². The lowest BCUT2D eigenvalue weighted by molar-refractivity contribution is 0.831. The van der Waals surface area contributed by atoms with Gasteiger partial charge in [-0.2, -0.15) is 0 Å². The summed E-state index contributed by atoms with van der Waals surface area (Å²) >= 11 is 0. The van der Waals surface area contributed by atoms with Crippen molar-refractivity contribution in [3.8, 4) is 0 Å². The molecule has 0 amide bonds. The van der Waals surface area contributed by atoms with Crippen LogP contribution in [0.25, 0.3) is 0 Å². The van der Waals surface area contributed by atoms with E-state index >= 15 is 0 Å². The molecule has 0 saturated heterocycles. The van der Waals surface area contributed by atoms with Gasteiger partial charge in [0.05, 0.1) is 0 Å². The normalized spacial score (nSPS) is 10.4. The topological polar surface area (TPSA) is 3.24 Å². The van der Waals surface area contributed by atoms with E-state index in [1.54, 1.807) is 0 Å². The maximum absolute atomic E-state index is 2.40. The number of benzene rings is 2. The van der Waals surface area contributed by atoms with Gasteiger partial charge in [-0.25, -0.2) is 0 Å². The zero-order valence-electron chi connectivity index (χ0n) is 11.5. The van der Waals surface area contributed by atoms with Crippen molar-refractivity contribution in [3.05, 3.63) is 65.2 Å². The predicted octanol–water partition coefficient (Wildman–Crippen LogP) is 4.33. The Morgan fingerprint density at radius 2 is 1.61 bits per heavy atom. The van der Waals surface area contributed by atoms with Gasteiger partial charge in [0.25, 0.3) is 0 Å². The van der Waals surface area contributed by atoms with Gasteiger partial charge in [-0.3, -0.25) is 0 Å². The van der Waals surface area contributed by atoms with E-state index in [-0.39, 0.29) is 0 Å². The molecule has 18 heavy (non-hydrogen) atoms. The minimum Gasteiger partial charge on any atom is -0.367 e. The van der Waals surface area contributed by atoms with E-state index in [1.165, 1.54) is 22.4 Å². The number of anilines is 1. The first-order valence-corrected chi connectivity index (χ1v) is 6.56. The van der Waals surface area contributed by atoms with Crippen LogP contribution in [0.4, 0.5) is 5.69 Å². The largest absolute Gasteiger partial charge is 0.367 e. The van der Waals surface area contributed by atoms with Crippen LogP contribution in [0.2, 0.25) is 0 Å². The number of aryl methyl sites for hydroxylation is 2. The highest BCUT2D eigenvalue weighted by atomic mass is 15.1. The van der Waals surface area contributed by atoms with Gasteiger partial charge < -0.3 is 4.90 Å². The van der Waals surface area contributed by atoms with Crippen molar-refractivity contribution in [2.24, 2.45) is 0 Å². The van der Waals surface area contributed by atoms with Gasteiger partial charge in [-0.1, -0.05) is 42.0 Å². The van der Waals surface area contributed by atoms with Gasteiger partial charge in [0.1, 0.15) is 0 Å². The fourth-order valence-electron chi connectivity index (χ4n) is 2.12. The lowest BCUT2D eigenvalue weighted by atomic mass is 10.1. The predicted molar refractivity (Wildman–Crippen MR) is 79.1 cm³/mol. The third-order valence-corrected chi connectivity index (χ3v) is 3.24. The summed E-state index contributed by atoms with van der Waals surface area (Å²) in [4.78, 5) is 2.40. The zero-order chi connectivity index (χ0) is 13.0. The van der Waals surface area contributed by atoms with E-state index in [2.05, 4.69) is 74.2 Å².